The number of hydrogen-bond acceptors (Lipinski definition) is 6. The summed E-state index contributed by atoms with van der Waals surface area (Å²) in [5, 5.41) is 12.5. The number of nitriles is 1. The Morgan fingerprint density at radius 2 is 1.76 bits per heavy atom. The van der Waals surface area contributed by atoms with Crippen LogP contribution < -0.4 is 5.01 Å². The Labute approximate surface area is 171 Å². The van der Waals surface area contributed by atoms with Gasteiger partial charge in [0.05, 0.1) is 28.8 Å². The molecule has 1 aromatic carbocycles. The first-order valence-corrected chi connectivity index (χ1v) is 8.98. The van der Waals surface area contributed by atoms with E-state index in [9.17, 15) is 35.8 Å². The number of halogens is 8. The minimum Gasteiger partial charge on any atom is -0.480 e. The normalized spacial score (nSPS) is 18.7. The average molecular weight is 481 g/mol. The molecule has 0 bridgehead atoms. The first-order chi connectivity index (χ1) is 13.3. The van der Waals surface area contributed by atoms with Gasteiger partial charge in [0.25, 0.3) is 0 Å². The van der Waals surface area contributed by atoms with Gasteiger partial charge in [-0.25, -0.2) is 4.21 Å². The lowest BCUT2D eigenvalue weighted by atomic mass is 10.2. The van der Waals surface area contributed by atoms with Gasteiger partial charge in [0.1, 0.15) is 10.6 Å². The summed E-state index contributed by atoms with van der Waals surface area (Å²) in [4.78, 5) is -1.05. The highest BCUT2D eigenvalue weighted by molar-refractivity contribution is 7.90. The summed E-state index contributed by atoms with van der Waals surface area (Å²) >= 11 is 11.8. The molecule has 2 unspecified atom stereocenters. The van der Waals surface area contributed by atoms with Crippen molar-refractivity contribution >= 4 is 46.4 Å². The van der Waals surface area contributed by atoms with Crippen molar-refractivity contribution in [2.45, 2.75) is 17.7 Å². The van der Waals surface area contributed by atoms with Crippen LogP contribution in [0, 0.1) is 11.3 Å². The van der Waals surface area contributed by atoms with Crippen molar-refractivity contribution in [2.24, 2.45) is 5.10 Å². The summed E-state index contributed by atoms with van der Waals surface area (Å²) in [6.45, 7) is 3.11. The third kappa shape index (κ3) is 4.10. The Kier molecular flexibility index (Phi) is 6.32. The topological polar surface area (TPSA) is 68.9 Å². The number of nitrogens with zero attached hydrogens (tertiary/aromatic N) is 4. The number of methoxy groups -OCH3 is 1. The molecule has 0 saturated heterocycles. The number of hydrogen-bond donors (Lipinski definition) is 0. The van der Waals surface area contributed by atoms with Gasteiger partial charge in [-0.1, -0.05) is 23.2 Å². The molecule has 6 nitrogen and oxygen atoms in total. The van der Waals surface area contributed by atoms with Crippen molar-refractivity contribution in [1.82, 2.24) is 5.12 Å². The monoisotopic (exact) mass is 480 g/mol. The predicted octanol–water partition coefficient (Wildman–Crippen LogP) is 4.64. The summed E-state index contributed by atoms with van der Waals surface area (Å²) in [5.74, 6) is -0.803. The van der Waals surface area contributed by atoms with Crippen LogP contribution in [0.4, 0.5) is 32.0 Å². The van der Waals surface area contributed by atoms with E-state index in [1.54, 1.807) is 0 Å². The maximum atomic E-state index is 13.1. The van der Waals surface area contributed by atoms with E-state index >= 15 is 0 Å². The minimum absolute atomic E-state index is 0.470. The number of rotatable bonds is 4. The summed E-state index contributed by atoms with van der Waals surface area (Å²) in [6.07, 6.45) is -4.81. The molecule has 2 rings (SSSR count). The summed E-state index contributed by atoms with van der Waals surface area (Å²) in [5.41, 5.74) is -6.99. The van der Waals surface area contributed by atoms with Crippen LogP contribution in [0.25, 0.3) is 0 Å². The minimum atomic E-state index is -5.27. The molecule has 0 radical (unpaired) electrons. The molecule has 0 saturated carbocycles. The Morgan fingerprint density at radius 3 is 2.10 bits per heavy atom. The lowest BCUT2D eigenvalue weighted by Gasteiger charge is -2.30. The van der Waals surface area contributed by atoms with Gasteiger partial charge in [0.2, 0.25) is 5.88 Å². The fourth-order valence-electron chi connectivity index (χ4n) is 2.42. The molecule has 0 spiro atoms. The van der Waals surface area contributed by atoms with Crippen molar-refractivity contribution in [3.8, 4) is 6.07 Å². The fourth-order valence-corrected chi connectivity index (χ4v) is 3.99. The molecule has 0 aliphatic carbocycles. The van der Waals surface area contributed by atoms with Crippen LogP contribution in [0.2, 0.25) is 10.0 Å². The highest BCUT2D eigenvalue weighted by Crippen LogP contribution is 2.46. The van der Waals surface area contributed by atoms with Crippen LogP contribution in [0.15, 0.2) is 28.0 Å². The standard InChI is InChI=1S/C14H8Cl2F6N4O2S/c1-24-26-9(5-23)11(29(27)14(20,21)22)12(28-2)25(26)10-7(15)3-6(4-8(10)16)13(17,18)19/h3-4,9H,1H2,2H3. The van der Waals surface area contributed by atoms with Gasteiger partial charge < -0.3 is 4.74 Å². The van der Waals surface area contributed by atoms with Gasteiger partial charge in [-0.05, 0) is 12.1 Å². The summed E-state index contributed by atoms with van der Waals surface area (Å²) in [7, 11) is -2.83. The summed E-state index contributed by atoms with van der Waals surface area (Å²) in [6, 6.07) is 0.482. The van der Waals surface area contributed by atoms with E-state index in [1.165, 1.54) is 6.07 Å². The molecule has 2 atom stereocenters. The maximum absolute atomic E-state index is 13.1. The van der Waals surface area contributed by atoms with E-state index in [-0.39, 0.29) is 0 Å². The number of anilines is 1. The Balaban J connectivity index is 2.80. The number of hydrazone groups is 1. The van der Waals surface area contributed by atoms with Crippen LogP contribution in [-0.2, 0) is 21.7 Å². The first-order valence-electron chi connectivity index (χ1n) is 7.08. The van der Waals surface area contributed by atoms with Gasteiger partial charge in [0, 0.05) is 6.72 Å². The molecule has 1 aromatic rings. The molecule has 1 aliphatic heterocycles. The number of benzene rings is 1. The van der Waals surface area contributed by atoms with Gasteiger partial charge in [-0.15, -0.1) is 0 Å². The van der Waals surface area contributed by atoms with Gasteiger partial charge in [-0.2, -0.15) is 46.8 Å². The quantitative estimate of drug-likeness (QED) is 0.463. The van der Waals surface area contributed by atoms with Crippen LogP contribution in [0.1, 0.15) is 5.56 Å². The van der Waals surface area contributed by atoms with Crippen molar-refractivity contribution < 1.29 is 35.3 Å². The third-order valence-electron chi connectivity index (χ3n) is 3.51. The van der Waals surface area contributed by atoms with Crippen LogP contribution in [-0.4, -0.2) is 34.7 Å². The van der Waals surface area contributed by atoms with Gasteiger partial charge in [0.15, 0.2) is 16.8 Å². The number of alkyl halides is 6. The van der Waals surface area contributed by atoms with Gasteiger partial charge in [-0.3, -0.25) is 0 Å². The molecular weight excluding hydrogens is 473 g/mol. The predicted molar refractivity (Wildman–Crippen MR) is 93.0 cm³/mol. The molecule has 0 aromatic heterocycles. The zero-order chi connectivity index (χ0) is 22.3. The maximum Gasteiger partial charge on any atom is 0.475 e. The van der Waals surface area contributed by atoms with E-state index in [4.69, 9.17) is 27.9 Å². The number of ether oxygens (including phenoxy) is 1. The Bertz CT molecular complexity index is 921. The summed E-state index contributed by atoms with van der Waals surface area (Å²) < 4.78 is 94.9. The second-order valence-corrected chi connectivity index (χ2v) is 7.43. The second-order valence-electron chi connectivity index (χ2n) is 5.18. The van der Waals surface area contributed by atoms with Crippen LogP contribution in [0.5, 0.6) is 0 Å². The molecule has 1 aliphatic rings. The largest absolute Gasteiger partial charge is 0.480 e. The van der Waals surface area contributed by atoms with E-state index in [2.05, 4.69) is 11.8 Å². The van der Waals surface area contributed by atoms with E-state index < -0.39 is 60.6 Å². The zero-order valence-corrected chi connectivity index (χ0v) is 16.3. The molecule has 0 fully saturated rings. The molecular formula is C14H8Cl2F6N4O2S. The lowest BCUT2D eigenvalue weighted by molar-refractivity contribution is -0.137. The Hall–Kier alpha value is -2.17. The Morgan fingerprint density at radius 1 is 1.24 bits per heavy atom. The fraction of sp³-hybridized carbons (Fsp3) is 0.286. The van der Waals surface area contributed by atoms with Gasteiger partial charge >= 0.3 is 11.7 Å². The van der Waals surface area contributed by atoms with Crippen molar-refractivity contribution in [3.05, 3.63) is 38.5 Å². The SMILES string of the molecule is C=NN1C(C#N)C(S(=O)C(F)(F)F)=C(OC)N1c1c(Cl)cc(C(F)(F)F)cc1Cl. The number of hydrazine groups is 1. The zero-order valence-electron chi connectivity index (χ0n) is 14.0. The van der Waals surface area contributed by atoms with Crippen molar-refractivity contribution in [1.29, 1.82) is 5.26 Å². The molecule has 1 heterocycles. The van der Waals surface area contributed by atoms with E-state index in [0.29, 0.717) is 22.3 Å². The van der Waals surface area contributed by atoms with E-state index in [0.717, 1.165) is 7.11 Å². The molecule has 15 heteroatoms. The third-order valence-corrected chi connectivity index (χ3v) is 5.31. The van der Waals surface area contributed by atoms with Crippen LogP contribution >= 0.6 is 23.2 Å². The van der Waals surface area contributed by atoms with E-state index in [1.807, 2.05) is 0 Å². The lowest BCUT2D eigenvalue weighted by Crippen LogP contribution is -2.39. The highest BCUT2D eigenvalue weighted by Gasteiger charge is 2.52. The van der Waals surface area contributed by atoms with Crippen LogP contribution in [0.3, 0.4) is 0 Å². The molecule has 158 valence electrons. The average Bonchev–Trinajstić information content (AvgIpc) is 2.91. The smallest absolute Gasteiger partial charge is 0.475 e. The first kappa shape index (κ1) is 23.1. The van der Waals surface area contributed by atoms with Crippen molar-refractivity contribution in [3.63, 3.8) is 0 Å². The highest BCUT2D eigenvalue weighted by atomic mass is 35.5. The molecule has 0 amide bonds. The van der Waals surface area contributed by atoms with Crippen molar-refractivity contribution in [2.75, 3.05) is 12.1 Å². The molecule has 29 heavy (non-hydrogen) atoms. The second kappa shape index (κ2) is 7.92. The molecule has 0 N–H and O–H groups in total.